The predicted octanol–water partition coefficient (Wildman–Crippen LogP) is 8.65. The monoisotopic (exact) mass is 460 g/mol. The molecular weight excluding hydrogens is 412 g/mol. The van der Waals surface area contributed by atoms with Crippen molar-refractivity contribution in [3.05, 3.63) is 121 Å². The SMILES string of the molecule is C.CC.CC.CCC.Cc1cc[n+](-c2ccccc2)cc1.Cc1cc[n+](-c2ccccc2)cc1. The summed E-state index contributed by atoms with van der Waals surface area (Å²) in [5.41, 5.74) is 4.96. The molecule has 0 N–H and O–H groups in total. The molecule has 4 rings (SSSR count). The summed E-state index contributed by atoms with van der Waals surface area (Å²) in [7, 11) is 0. The second kappa shape index (κ2) is 21.6. The molecule has 0 aliphatic rings. The summed E-state index contributed by atoms with van der Waals surface area (Å²) in [6.07, 6.45) is 9.55. The minimum absolute atomic E-state index is 0. The number of rotatable bonds is 2. The lowest BCUT2D eigenvalue weighted by Gasteiger charge is -1.94. The third-order valence-corrected chi connectivity index (χ3v) is 4.10. The molecule has 0 radical (unpaired) electrons. The molecule has 2 nitrogen and oxygen atoms in total. The Bertz CT molecular complexity index is 849. The molecule has 2 heterocycles. The molecule has 2 aromatic heterocycles. The Hall–Kier alpha value is -3.26. The van der Waals surface area contributed by atoms with E-state index in [4.69, 9.17) is 0 Å². The third kappa shape index (κ3) is 13.3. The van der Waals surface area contributed by atoms with Crippen LogP contribution in [-0.2, 0) is 0 Å². The fraction of sp³-hybridized carbons (Fsp3) is 0.312. The molecule has 4 aromatic rings. The molecule has 34 heavy (non-hydrogen) atoms. The van der Waals surface area contributed by atoms with Crippen molar-refractivity contribution in [1.82, 2.24) is 0 Å². The number of benzene rings is 2. The first-order valence-corrected chi connectivity index (χ1v) is 12.2. The first kappa shape index (κ1) is 32.9. The number of nitrogens with zero attached hydrogens (tertiary/aromatic N) is 2. The maximum absolute atomic E-state index is 2.12. The van der Waals surface area contributed by atoms with Gasteiger partial charge in [0.15, 0.2) is 24.8 Å². The van der Waals surface area contributed by atoms with Crippen molar-refractivity contribution in [2.75, 3.05) is 0 Å². The summed E-state index contributed by atoms with van der Waals surface area (Å²) in [6, 6.07) is 29.0. The maximum atomic E-state index is 2.12. The van der Waals surface area contributed by atoms with E-state index in [0.29, 0.717) is 0 Å². The predicted molar refractivity (Wildman–Crippen MR) is 151 cm³/mol. The topological polar surface area (TPSA) is 7.76 Å². The lowest BCUT2D eigenvalue weighted by Crippen LogP contribution is -2.28. The van der Waals surface area contributed by atoms with Crippen molar-refractivity contribution >= 4 is 0 Å². The molecule has 0 saturated heterocycles. The highest BCUT2D eigenvalue weighted by Crippen LogP contribution is 1.99. The highest BCUT2D eigenvalue weighted by atomic mass is 14.9. The lowest BCUT2D eigenvalue weighted by atomic mass is 10.3. The zero-order valence-electron chi connectivity index (χ0n) is 22.0. The van der Waals surface area contributed by atoms with Gasteiger partial charge in [-0.15, -0.1) is 0 Å². The first-order chi connectivity index (χ1) is 16.1. The van der Waals surface area contributed by atoms with Crippen molar-refractivity contribution in [2.45, 2.75) is 69.2 Å². The lowest BCUT2D eigenvalue weighted by molar-refractivity contribution is -0.596. The Morgan fingerprint density at radius 1 is 0.471 bits per heavy atom. The van der Waals surface area contributed by atoms with Crippen molar-refractivity contribution in [3.8, 4) is 11.4 Å². The van der Waals surface area contributed by atoms with E-state index in [2.05, 4.69) is 110 Å². The molecule has 2 aromatic carbocycles. The number of pyridine rings is 2. The van der Waals surface area contributed by atoms with Crippen LogP contribution < -0.4 is 9.13 Å². The van der Waals surface area contributed by atoms with Crippen LogP contribution in [0.5, 0.6) is 0 Å². The average molecular weight is 461 g/mol. The quantitative estimate of drug-likeness (QED) is 0.264. The number of hydrogen-bond donors (Lipinski definition) is 0. The Morgan fingerprint density at radius 3 is 0.941 bits per heavy atom. The van der Waals surface area contributed by atoms with E-state index in [9.17, 15) is 0 Å². The van der Waals surface area contributed by atoms with Gasteiger partial charge in [-0.3, -0.25) is 0 Å². The van der Waals surface area contributed by atoms with Crippen LogP contribution >= 0.6 is 0 Å². The van der Waals surface area contributed by atoms with Crippen LogP contribution in [0, 0.1) is 13.8 Å². The molecule has 0 aliphatic heterocycles. The van der Waals surface area contributed by atoms with Crippen molar-refractivity contribution < 1.29 is 9.13 Å². The molecular formula is C32H48N2+2. The van der Waals surface area contributed by atoms with E-state index < -0.39 is 0 Å². The first-order valence-electron chi connectivity index (χ1n) is 12.2. The van der Waals surface area contributed by atoms with Gasteiger partial charge in [-0.25, -0.2) is 0 Å². The molecule has 0 fully saturated rings. The zero-order chi connectivity index (χ0) is 24.9. The Labute approximate surface area is 210 Å². The van der Waals surface area contributed by atoms with Crippen LogP contribution in [0.2, 0.25) is 0 Å². The molecule has 0 unspecified atom stereocenters. The minimum Gasteiger partial charge on any atom is -0.167 e. The van der Waals surface area contributed by atoms with Crippen molar-refractivity contribution in [3.63, 3.8) is 0 Å². The fourth-order valence-corrected chi connectivity index (χ4v) is 2.55. The highest BCUT2D eigenvalue weighted by molar-refractivity contribution is 5.22. The van der Waals surface area contributed by atoms with Crippen LogP contribution in [0.25, 0.3) is 11.4 Å². The summed E-state index contributed by atoms with van der Waals surface area (Å²) in [5, 5.41) is 0. The van der Waals surface area contributed by atoms with Crippen molar-refractivity contribution in [1.29, 1.82) is 0 Å². The highest BCUT2D eigenvalue weighted by Gasteiger charge is 2.02. The Kier molecular flexibility index (Phi) is 20.9. The van der Waals surface area contributed by atoms with E-state index in [1.807, 2.05) is 64.1 Å². The van der Waals surface area contributed by atoms with Crippen LogP contribution in [0.4, 0.5) is 0 Å². The smallest absolute Gasteiger partial charge is 0.167 e. The van der Waals surface area contributed by atoms with Crippen LogP contribution in [-0.4, -0.2) is 0 Å². The van der Waals surface area contributed by atoms with Gasteiger partial charge in [0.25, 0.3) is 0 Å². The van der Waals surface area contributed by atoms with Gasteiger partial charge in [-0.2, -0.15) is 9.13 Å². The zero-order valence-corrected chi connectivity index (χ0v) is 22.0. The minimum atomic E-state index is 0. The summed E-state index contributed by atoms with van der Waals surface area (Å²) in [6.45, 7) is 16.4. The van der Waals surface area contributed by atoms with Gasteiger partial charge in [0, 0.05) is 48.5 Å². The van der Waals surface area contributed by atoms with Crippen LogP contribution in [0.15, 0.2) is 110 Å². The second-order valence-corrected chi connectivity index (χ2v) is 6.94. The van der Waals surface area contributed by atoms with Gasteiger partial charge in [-0.05, 0) is 25.0 Å². The molecule has 0 bridgehead atoms. The van der Waals surface area contributed by atoms with Gasteiger partial charge in [-0.1, -0.05) is 91.8 Å². The Balaban J connectivity index is 0. The van der Waals surface area contributed by atoms with Crippen molar-refractivity contribution in [2.24, 2.45) is 0 Å². The van der Waals surface area contributed by atoms with Crippen LogP contribution in [0.1, 0.15) is 66.5 Å². The number of hydrogen-bond acceptors (Lipinski definition) is 0. The summed E-state index contributed by atoms with van der Waals surface area (Å²) in [4.78, 5) is 0. The third-order valence-electron chi connectivity index (χ3n) is 4.10. The molecule has 0 atom stereocenters. The van der Waals surface area contributed by atoms with Gasteiger partial charge in [0.1, 0.15) is 0 Å². The number of para-hydroxylation sites is 2. The number of aromatic nitrogens is 2. The van der Waals surface area contributed by atoms with E-state index in [0.717, 1.165) is 0 Å². The average Bonchev–Trinajstić information content (AvgIpc) is 2.89. The summed E-state index contributed by atoms with van der Waals surface area (Å²) < 4.78 is 4.21. The number of aryl methyl sites for hydroxylation is 2. The molecule has 0 saturated carbocycles. The van der Waals surface area contributed by atoms with Gasteiger partial charge in [0.05, 0.1) is 0 Å². The molecule has 184 valence electrons. The van der Waals surface area contributed by atoms with E-state index in [-0.39, 0.29) is 7.43 Å². The standard InChI is InChI=1S/2C12H12N.C3H8.2C2H6.CH4/c2*1-11-7-9-13(10-8-11)12-5-3-2-4-6-12;1-3-2;2*1-2;/h2*2-10H,1H3;3H2,1-2H3;2*1-2H3;1H4/q2*+1;;;;. The fourth-order valence-electron chi connectivity index (χ4n) is 2.55. The van der Waals surface area contributed by atoms with E-state index in [1.165, 1.54) is 28.9 Å². The normalized spacial score (nSPS) is 8.47. The molecule has 0 spiro atoms. The van der Waals surface area contributed by atoms with Gasteiger partial charge < -0.3 is 0 Å². The van der Waals surface area contributed by atoms with Gasteiger partial charge >= 0.3 is 0 Å². The Morgan fingerprint density at radius 2 is 0.706 bits per heavy atom. The van der Waals surface area contributed by atoms with E-state index >= 15 is 0 Å². The van der Waals surface area contributed by atoms with Crippen LogP contribution in [0.3, 0.4) is 0 Å². The molecule has 0 aliphatic carbocycles. The maximum Gasteiger partial charge on any atom is 0.210 e. The molecule has 0 amide bonds. The molecule has 2 heteroatoms. The largest absolute Gasteiger partial charge is 0.210 e. The summed E-state index contributed by atoms with van der Waals surface area (Å²) >= 11 is 0. The second-order valence-electron chi connectivity index (χ2n) is 6.94. The van der Waals surface area contributed by atoms with E-state index in [1.54, 1.807) is 0 Å². The van der Waals surface area contributed by atoms with Gasteiger partial charge in [0.2, 0.25) is 11.4 Å². The summed E-state index contributed by atoms with van der Waals surface area (Å²) in [5.74, 6) is 0.